The molecule has 8 heterocycles. The van der Waals surface area contributed by atoms with E-state index in [1.807, 2.05) is 93.9 Å². The Morgan fingerprint density at radius 2 is 1.33 bits per heavy atom. The zero-order chi connectivity index (χ0) is 33.2. The summed E-state index contributed by atoms with van der Waals surface area (Å²) in [6, 6.07) is 13.6. The van der Waals surface area contributed by atoms with Crippen LogP contribution >= 0.6 is 11.6 Å². The SMILES string of the molecule is Cc1nn(C)cc1-c1cnc2ccc(Cl)nc2c1.Cc1nn(C)cc1-c1cnc2ccc(Nc3cc(C4CCOCC4)cnn3)nc2c1. The lowest BCUT2D eigenvalue weighted by Crippen LogP contribution is -2.14. The highest BCUT2D eigenvalue weighted by molar-refractivity contribution is 6.29. The lowest BCUT2D eigenvalue weighted by Gasteiger charge is -2.22. The first-order chi connectivity index (χ1) is 23.3. The van der Waals surface area contributed by atoms with Gasteiger partial charge in [-0.1, -0.05) is 11.6 Å². The normalized spacial score (nSPS) is 13.4. The van der Waals surface area contributed by atoms with Crippen molar-refractivity contribution in [1.82, 2.24) is 49.7 Å². The zero-order valence-electron chi connectivity index (χ0n) is 27.1. The van der Waals surface area contributed by atoms with Gasteiger partial charge in [0.25, 0.3) is 0 Å². The molecule has 1 aliphatic rings. The first kappa shape index (κ1) is 31.3. The highest BCUT2D eigenvalue weighted by Crippen LogP contribution is 2.29. The fourth-order valence-electron chi connectivity index (χ4n) is 5.95. The van der Waals surface area contributed by atoms with E-state index in [2.05, 4.69) is 46.7 Å². The van der Waals surface area contributed by atoms with E-state index in [0.29, 0.717) is 22.7 Å². The van der Waals surface area contributed by atoms with Crippen LogP contribution in [0.5, 0.6) is 0 Å². The van der Waals surface area contributed by atoms with E-state index in [4.69, 9.17) is 21.3 Å². The Hall–Kier alpha value is -5.33. The summed E-state index contributed by atoms with van der Waals surface area (Å²) in [7, 11) is 3.82. The molecule has 48 heavy (non-hydrogen) atoms. The molecule has 0 aromatic carbocycles. The van der Waals surface area contributed by atoms with Crippen molar-refractivity contribution in [2.75, 3.05) is 18.5 Å². The third kappa shape index (κ3) is 6.85. The van der Waals surface area contributed by atoms with Crippen LogP contribution in [0.4, 0.5) is 11.6 Å². The molecule has 0 aliphatic carbocycles. The van der Waals surface area contributed by atoms with Gasteiger partial charge in [0.1, 0.15) is 11.0 Å². The van der Waals surface area contributed by atoms with E-state index in [1.54, 1.807) is 10.7 Å². The van der Waals surface area contributed by atoms with Crippen molar-refractivity contribution in [1.29, 1.82) is 0 Å². The van der Waals surface area contributed by atoms with Gasteiger partial charge in [-0.05, 0) is 80.6 Å². The predicted octanol–water partition coefficient (Wildman–Crippen LogP) is 6.76. The maximum absolute atomic E-state index is 5.90. The Morgan fingerprint density at radius 1 is 0.729 bits per heavy atom. The Balaban J connectivity index is 0.000000172. The van der Waals surface area contributed by atoms with Crippen molar-refractivity contribution in [3.05, 3.63) is 95.6 Å². The third-order valence-corrected chi connectivity index (χ3v) is 8.52. The van der Waals surface area contributed by atoms with Gasteiger partial charge < -0.3 is 10.1 Å². The Bertz CT molecular complexity index is 2240. The van der Waals surface area contributed by atoms with Crippen LogP contribution in [-0.2, 0) is 18.8 Å². The number of aryl methyl sites for hydroxylation is 4. The number of rotatable bonds is 5. The Kier molecular flexibility index (Phi) is 8.74. The largest absolute Gasteiger partial charge is 0.381 e. The second-order valence-electron chi connectivity index (χ2n) is 11.8. The lowest BCUT2D eigenvalue weighted by atomic mass is 9.93. The van der Waals surface area contributed by atoms with Crippen molar-refractivity contribution in [2.45, 2.75) is 32.6 Å². The van der Waals surface area contributed by atoms with Gasteiger partial charge >= 0.3 is 0 Å². The lowest BCUT2D eigenvalue weighted by molar-refractivity contribution is 0.0852. The van der Waals surface area contributed by atoms with Gasteiger partial charge in [0.15, 0.2) is 5.82 Å². The maximum atomic E-state index is 5.90. The molecule has 0 radical (unpaired) electrons. The van der Waals surface area contributed by atoms with Crippen LogP contribution in [0.2, 0.25) is 5.15 Å². The van der Waals surface area contributed by atoms with Crippen LogP contribution in [0, 0.1) is 13.8 Å². The summed E-state index contributed by atoms with van der Waals surface area (Å²) < 4.78 is 9.07. The van der Waals surface area contributed by atoms with Crippen LogP contribution in [0.1, 0.15) is 35.7 Å². The van der Waals surface area contributed by atoms with Crippen LogP contribution in [0.3, 0.4) is 0 Å². The average molecular weight is 660 g/mol. The van der Waals surface area contributed by atoms with E-state index in [1.165, 1.54) is 5.56 Å². The van der Waals surface area contributed by atoms with Crippen molar-refractivity contribution in [3.8, 4) is 22.3 Å². The molecule has 1 aliphatic heterocycles. The molecule has 1 N–H and O–H groups in total. The van der Waals surface area contributed by atoms with Gasteiger partial charge in [-0.2, -0.15) is 15.3 Å². The van der Waals surface area contributed by atoms with Gasteiger partial charge in [0.05, 0.1) is 39.7 Å². The van der Waals surface area contributed by atoms with E-state index >= 15 is 0 Å². The molecule has 1 saturated heterocycles. The minimum absolute atomic E-state index is 0.467. The second-order valence-corrected chi connectivity index (χ2v) is 12.2. The minimum Gasteiger partial charge on any atom is -0.381 e. The second kappa shape index (κ2) is 13.4. The molecule has 0 unspecified atom stereocenters. The Labute approximate surface area is 282 Å². The fourth-order valence-corrected chi connectivity index (χ4v) is 6.10. The van der Waals surface area contributed by atoms with Crippen LogP contribution in [-0.4, -0.2) is 62.9 Å². The Morgan fingerprint density at radius 3 is 1.94 bits per heavy atom. The van der Waals surface area contributed by atoms with Crippen LogP contribution in [0.15, 0.2) is 73.4 Å². The smallest absolute Gasteiger partial charge is 0.154 e. The number of aromatic nitrogens is 10. The number of pyridine rings is 4. The summed E-state index contributed by atoms with van der Waals surface area (Å²) in [6.07, 6.45) is 11.6. The summed E-state index contributed by atoms with van der Waals surface area (Å²) in [5.41, 5.74) is 10.5. The van der Waals surface area contributed by atoms with Gasteiger partial charge in [-0.15, -0.1) is 5.10 Å². The molecule has 0 amide bonds. The standard InChI is InChI=1S/C22H23N7O.C13H11ClN4/c1-14-18(13-29(2)28-14)17-9-20-19(23-11-17)3-4-21(25-20)26-22-10-16(12-24-27-22)15-5-7-30-8-6-15;1-8-10(7-18(2)17-8)9-5-12-11(15-6-9)3-4-13(14)16-12/h3-4,9-13,15H,5-8H2,1-2H3,(H,25,26,27);3-7H,1-2H3. The van der Waals surface area contributed by atoms with Crippen molar-refractivity contribution in [3.63, 3.8) is 0 Å². The molecular weight excluding hydrogens is 626 g/mol. The monoisotopic (exact) mass is 659 g/mol. The molecular formula is C35H34ClN11O. The number of halogens is 1. The summed E-state index contributed by atoms with van der Waals surface area (Å²) in [6.45, 7) is 5.57. The summed E-state index contributed by atoms with van der Waals surface area (Å²) in [5, 5.41) is 20.9. The topological polar surface area (TPSA) is 134 Å². The van der Waals surface area contributed by atoms with E-state index < -0.39 is 0 Å². The van der Waals surface area contributed by atoms with Gasteiger partial charge in [0, 0.05) is 74.4 Å². The number of nitrogens with one attached hydrogen (secondary N) is 1. The molecule has 0 bridgehead atoms. The molecule has 242 valence electrons. The summed E-state index contributed by atoms with van der Waals surface area (Å²) >= 11 is 5.90. The molecule has 7 aromatic heterocycles. The number of nitrogens with zero attached hydrogens (tertiary/aromatic N) is 10. The average Bonchev–Trinajstić information content (AvgIpc) is 3.62. The van der Waals surface area contributed by atoms with E-state index in [0.717, 1.165) is 81.8 Å². The van der Waals surface area contributed by atoms with Crippen molar-refractivity contribution in [2.24, 2.45) is 14.1 Å². The molecule has 0 spiro atoms. The molecule has 8 rings (SSSR count). The van der Waals surface area contributed by atoms with Crippen LogP contribution < -0.4 is 5.32 Å². The molecule has 12 nitrogen and oxygen atoms in total. The highest BCUT2D eigenvalue weighted by atomic mass is 35.5. The maximum Gasteiger partial charge on any atom is 0.154 e. The predicted molar refractivity (Wildman–Crippen MR) is 186 cm³/mol. The molecule has 7 aromatic rings. The molecule has 1 fully saturated rings. The zero-order valence-corrected chi connectivity index (χ0v) is 27.8. The van der Waals surface area contributed by atoms with Crippen LogP contribution in [0.25, 0.3) is 44.3 Å². The molecule has 0 saturated carbocycles. The number of hydrogen-bond acceptors (Lipinski definition) is 10. The van der Waals surface area contributed by atoms with Crippen molar-refractivity contribution < 1.29 is 4.74 Å². The summed E-state index contributed by atoms with van der Waals surface area (Å²) in [5.74, 6) is 1.87. The number of fused-ring (bicyclic) bond motifs is 2. The van der Waals surface area contributed by atoms with E-state index in [9.17, 15) is 0 Å². The van der Waals surface area contributed by atoms with Gasteiger partial charge in [-0.3, -0.25) is 19.3 Å². The minimum atomic E-state index is 0.467. The summed E-state index contributed by atoms with van der Waals surface area (Å²) in [4.78, 5) is 18.0. The quantitative estimate of drug-likeness (QED) is 0.198. The van der Waals surface area contributed by atoms with Gasteiger partial charge in [-0.25, -0.2) is 9.97 Å². The number of hydrogen-bond donors (Lipinski definition) is 1. The van der Waals surface area contributed by atoms with E-state index in [-0.39, 0.29) is 0 Å². The molecule has 0 atom stereocenters. The van der Waals surface area contributed by atoms with Crippen molar-refractivity contribution >= 4 is 45.3 Å². The highest BCUT2D eigenvalue weighted by Gasteiger charge is 2.17. The molecule has 13 heteroatoms. The van der Waals surface area contributed by atoms with Gasteiger partial charge in [0.2, 0.25) is 0 Å². The first-order valence-corrected chi connectivity index (χ1v) is 16.0. The fraction of sp³-hybridized carbons (Fsp3) is 0.257. The third-order valence-electron chi connectivity index (χ3n) is 8.31. The number of anilines is 2. The first-order valence-electron chi connectivity index (χ1n) is 15.7. The number of ether oxygens (including phenoxy) is 1.